The number of halogens is 4. The Hall–Kier alpha value is -6.38. The lowest BCUT2D eigenvalue weighted by Gasteiger charge is -2.37. The van der Waals surface area contributed by atoms with Crippen molar-refractivity contribution in [3.63, 3.8) is 0 Å². The molecule has 0 atom stereocenters. The molecular weight excluding hydrogens is 877 g/mol. The quantitative estimate of drug-likeness (QED) is 0.103. The second-order valence-corrected chi connectivity index (χ2v) is 16.5. The third kappa shape index (κ3) is 16.6. The van der Waals surface area contributed by atoms with Gasteiger partial charge in [0.2, 0.25) is 5.91 Å². The van der Waals surface area contributed by atoms with Crippen LogP contribution in [0, 0.1) is 45.1 Å². The maximum atomic E-state index is 13.2. The van der Waals surface area contributed by atoms with Gasteiger partial charge in [-0.05, 0) is 146 Å². The average Bonchev–Trinajstić information content (AvgIpc) is 3.30. The van der Waals surface area contributed by atoms with Crippen LogP contribution < -0.4 is 5.32 Å². The number of esters is 2. The minimum absolute atomic E-state index is 0.0519. The zero-order chi connectivity index (χ0) is 47.4. The second kappa shape index (κ2) is 25.2. The number of nitrogens with zero attached hydrogens (tertiary/aromatic N) is 3. The van der Waals surface area contributed by atoms with Crippen LogP contribution >= 0.6 is 23.2 Å². The van der Waals surface area contributed by atoms with E-state index in [9.17, 15) is 38.5 Å². The summed E-state index contributed by atoms with van der Waals surface area (Å²) in [6, 6.07) is 27.6. The molecule has 15 heteroatoms. The summed E-state index contributed by atoms with van der Waals surface area (Å²) in [6.07, 6.45) is 9.78. The zero-order valence-corrected chi connectivity index (χ0v) is 37.6. The highest BCUT2D eigenvalue weighted by Crippen LogP contribution is 2.35. The molecule has 2 fully saturated rings. The van der Waals surface area contributed by atoms with E-state index in [1.807, 2.05) is 0 Å². The number of nitrogens with one attached hydrogen (secondary N) is 1. The number of methoxy groups -OCH3 is 2. The Morgan fingerprint density at radius 2 is 1.11 bits per heavy atom. The maximum absolute atomic E-state index is 13.2. The number of aliphatic carboxylic acids is 1. The Balaban J connectivity index is 0.000000235. The molecule has 2 aliphatic rings. The van der Waals surface area contributed by atoms with Gasteiger partial charge in [-0.15, -0.1) is 0 Å². The summed E-state index contributed by atoms with van der Waals surface area (Å²) < 4.78 is 35.2. The van der Waals surface area contributed by atoms with E-state index in [0.29, 0.717) is 64.7 Å². The molecular formula is C50H50Cl2F2N4O7. The van der Waals surface area contributed by atoms with E-state index >= 15 is 0 Å². The monoisotopic (exact) mass is 926 g/mol. The topological polar surface area (TPSA) is 170 Å². The highest BCUT2D eigenvalue weighted by Gasteiger charge is 2.36. The maximum Gasteiger partial charge on any atom is 0.328 e. The molecule has 4 aromatic carbocycles. The Kier molecular flexibility index (Phi) is 19.9. The van der Waals surface area contributed by atoms with E-state index in [-0.39, 0.29) is 35.8 Å². The van der Waals surface area contributed by atoms with Gasteiger partial charge < -0.3 is 24.8 Å². The minimum Gasteiger partial charge on any atom is -0.478 e. The van der Waals surface area contributed by atoms with Crippen LogP contribution in [-0.2, 0) is 54.3 Å². The smallest absolute Gasteiger partial charge is 0.328 e. The fraction of sp³-hybridized carbons (Fsp3) is 0.320. The normalized spacial score (nSPS) is 15.0. The van der Waals surface area contributed by atoms with Crippen molar-refractivity contribution in [2.75, 3.05) is 40.4 Å². The number of carboxylic acids is 1. The van der Waals surface area contributed by atoms with Crippen LogP contribution in [0.2, 0.25) is 10.0 Å². The van der Waals surface area contributed by atoms with Crippen molar-refractivity contribution in [1.82, 2.24) is 10.2 Å². The summed E-state index contributed by atoms with van der Waals surface area (Å²) in [5, 5.41) is 31.9. The second-order valence-electron chi connectivity index (χ2n) is 15.7. The number of amides is 1. The number of ether oxygens (including phenoxy) is 2. The first kappa shape index (κ1) is 51.3. The molecule has 2 heterocycles. The van der Waals surface area contributed by atoms with Gasteiger partial charge in [0.1, 0.15) is 11.6 Å². The van der Waals surface area contributed by atoms with Gasteiger partial charge in [0.25, 0.3) is 0 Å². The molecule has 6 rings (SSSR count). The molecule has 1 amide bonds. The molecule has 2 saturated heterocycles. The van der Waals surface area contributed by atoms with Gasteiger partial charge >= 0.3 is 17.9 Å². The number of carboxylic acid groups (broad SMARTS) is 1. The Morgan fingerprint density at radius 1 is 0.692 bits per heavy atom. The number of rotatable bonds is 12. The molecule has 0 radical (unpaired) electrons. The molecule has 0 bridgehead atoms. The number of carbonyl (C=O) groups is 4. The van der Waals surface area contributed by atoms with Crippen LogP contribution in [0.1, 0.15) is 59.1 Å². The summed E-state index contributed by atoms with van der Waals surface area (Å²) in [5.74, 6) is -2.53. The van der Waals surface area contributed by atoms with E-state index in [0.717, 1.165) is 49.6 Å². The molecule has 11 nitrogen and oxygen atoms in total. The highest BCUT2D eigenvalue weighted by atomic mass is 35.5. The van der Waals surface area contributed by atoms with Gasteiger partial charge in [-0.25, -0.2) is 13.6 Å². The standard InChI is InChI=1S/C25H24ClFN2O3.C13H15FN2.C12H11ClO4/c1-32-24(31)15-20-14-21(26)6-4-19(20)5-9-23(30)29-12-10-25(17-28,11-13-29)16-18-2-7-22(27)8-3-18;14-12-3-1-11(2-4-12)9-13(10-15)5-7-16-8-6-13;1-17-12(16)7-9-6-10(13)4-2-8(9)3-5-11(14)15/h2-9,14H,10-13,15-16H2,1H3;1-4,16H,5-9H2;2-6H,7H2,1H3,(H,14,15)/b9-5+;;5-3+. The van der Waals surface area contributed by atoms with Crippen molar-refractivity contribution in [3.8, 4) is 12.1 Å². The molecule has 2 N–H and O–H groups in total. The first-order valence-electron chi connectivity index (χ1n) is 20.7. The third-order valence-corrected chi connectivity index (χ3v) is 11.6. The Morgan fingerprint density at radius 3 is 1.51 bits per heavy atom. The minimum atomic E-state index is -1.05. The highest BCUT2D eigenvalue weighted by molar-refractivity contribution is 6.31. The van der Waals surface area contributed by atoms with E-state index in [2.05, 4.69) is 22.2 Å². The summed E-state index contributed by atoms with van der Waals surface area (Å²) in [5.41, 5.74) is 3.77. The lowest BCUT2D eigenvalue weighted by molar-refractivity contribution is -0.140. The van der Waals surface area contributed by atoms with E-state index in [4.69, 9.17) is 33.0 Å². The van der Waals surface area contributed by atoms with Crippen molar-refractivity contribution in [2.45, 2.75) is 51.4 Å². The van der Waals surface area contributed by atoms with Gasteiger partial charge in [-0.3, -0.25) is 14.4 Å². The van der Waals surface area contributed by atoms with Crippen LogP contribution in [0.25, 0.3) is 12.2 Å². The van der Waals surface area contributed by atoms with Gasteiger partial charge in [0.05, 0.1) is 50.0 Å². The third-order valence-electron chi connectivity index (χ3n) is 11.1. The summed E-state index contributed by atoms with van der Waals surface area (Å²) >= 11 is 11.9. The predicted octanol–water partition coefficient (Wildman–Crippen LogP) is 9.00. The lowest BCUT2D eigenvalue weighted by atomic mass is 9.75. The first-order chi connectivity index (χ1) is 31.1. The Labute approximate surface area is 387 Å². The number of hydrogen-bond donors (Lipinski definition) is 2. The summed E-state index contributed by atoms with van der Waals surface area (Å²) in [6.45, 7) is 2.73. The molecule has 0 spiro atoms. The van der Waals surface area contributed by atoms with Crippen LogP contribution in [0.5, 0.6) is 0 Å². The molecule has 0 aliphatic carbocycles. The van der Waals surface area contributed by atoms with Crippen LogP contribution in [0.3, 0.4) is 0 Å². The van der Waals surface area contributed by atoms with Gasteiger partial charge in [0.15, 0.2) is 0 Å². The van der Waals surface area contributed by atoms with Gasteiger partial charge in [0, 0.05) is 35.3 Å². The number of carbonyl (C=O) groups excluding carboxylic acids is 3. The number of nitriles is 2. The number of likely N-dealkylation sites (tertiary alicyclic amines) is 1. The molecule has 0 unspecified atom stereocenters. The summed E-state index contributed by atoms with van der Waals surface area (Å²) in [4.78, 5) is 47.7. The van der Waals surface area contributed by atoms with Gasteiger partial charge in [-0.1, -0.05) is 59.6 Å². The lowest BCUT2D eigenvalue weighted by Crippen LogP contribution is -2.43. The molecule has 65 heavy (non-hydrogen) atoms. The van der Waals surface area contributed by atoms with Crippen LogP contribution in [-0.4, -0.2) is 74.2 Å². The molecule has 340 valence electrons. The van der Waals surface area contributed by atoms with Crippen molar-refractivity contribution < 1.29 is 42.5 Å². The summed E-state index contributed by atoms with van der Waals surface area (Å²) in [7, 11) is 2.61. The largest absolute Gasteiger partial charge is 0.478 e. The van der Waals surface area contributed by atoms with E-state index in [1.165, 1.54) is 50.6 Å². The number of piperidine rings is 2. The Bertz CT molecular complexity index is 2420. The molecule has 4 aromatic rings. The van der Waals surface area contributed by atoms with Crippen molar-refractivity contribution >= 4 is 59.2 Å². The van der Waals surface area contributed by atoms with Crippen molar-refractivity contribution in [2.24, 2.45) is 10.8 Å². The molecule has 0 aromatic heterocycles. The SMILES string of the molecule is COC(=O)Cc1cc(Cl)ccc1/C=C/C(=O)N1CCC(C#N)(Cc2ccc(F)cc2)CC1.COC(=O)Cc1cc(Cl)ccc1/C=C/C(=O)O.N#CC1(Cc2ccc(F)cc2)CCNCC1. The van der Waals surface area contributed by atoms with Gasteiger partial charge in [-0.2, -0.15) is 10.5 Å². The van der Waals surface area contributed by atoms with Crippen LogP contribution in [0.4, 0.5) is 8.78 Å². The first-order valence-corrected chi connectivity index (χ1v) is 21.5. The van der Waals surface area contributed by atoms with Crippen molar-refractivity contribution in [3.05, 3.63) is 152 Å². The van der Waals surface area contributed by atoms with E-state index < -0.39 is 23.3 Å². The fourth-order valence-corrected chi connectivity index (χ4v) is 7.75. The fourth-order valence-electron chi connectivity index (χ4n) is 7.37. The predicted molar refractivity (Wildman–Crippen MR) is 244 cm³/mol. The average molecular weight is 928 g/mol. The molecule has 0 saturated carbocycles. The van der Waals surface area contributed by atoms with Crippen LogP contribution in [0.15, 0.2) is 97.1 Å². The zero-order valence-electron chi connectivity index (χ0n) is 36.1. The number of benzene rings is 4. The van der Waals surface area contributed by atoms with Crippen molar-refractivity contribution in [1.29, 1.82) is 10.5 Å². The molecule has 2 aliphatic heterocycles. The van der Waals surface area contributed by atoms with E-state index in [1.54, 1.807) is 71.6 Å². The number of hydrogen-bond acceptors (Lipinski definition) is 9.